The van der Waals surface area contributed by atoms with Crippen LogP contribution in [0.2, 0.25) is 0 Å². The van der Waals surface area contributed by atoms with E-state index in [1.165, 1.54) is 0 Å². The summed E-state index contributed by atoms with van der Waals surface area (Å²) in [5.74, 6) is 1.25. The van der Waals surface area contributed by atoms with Gasteiger partial charge in [0.15, 0.2) is 18.1 Å². The molecular weight excluding hydrogens is 418 g/mol. The average molecular weight is 441 g/mol. The third-order valence-corrected chi connectivity index (χ3v) is 5.65. The summed E-state index contributed by atoms with van der Waals surface area (Å²) in [5, 5.41) is 9.53. The molecule has 4 heterocycles. The van der Waals surface area contributed by atoms with Crippen LogP contribution in [-0.4, -0.2) is 42.5 Å². The zero-order chi connectivity index (χ0) is 22.8. The van der Waals surface area contributed by atoms with Crippen molar-refractivity contribution in [3.05, 3.63) is 83.3 Å². The Kier molecular flexibility index (Phi) is 5.43. The minimum Gasteiger partial charge on any atom is -0.496 e. The lowest BCUT2D eigenvalue weighted by atomic mass is 10.2. The highest BCUT2D eigenvalue weighted by Gasteiger charge is 2.18. The fraction of sp³-hybridized carbons (Fsp3) is 0.208. The van der Waals surface area contributed by atoms with Gasteiger partial charge in [0.25, 0.3) is 0 Å². The van der Waals surface area contributed by atoms with Gasteiger partial charge in [-0.15, -0.1) is 5.10 Å². The first kappa shape index (κ1) is 20.6. The Morgan fingerprint density at radius 1 is 1.09 bits per heavy atom. The van der Waals surface area contributed by atoms with Gasteiger partial charge in [-0.3, -0.25) is 4.98 Å². The summed E-state index contributed by atoms with van der Waals surface area (Å²) in [5.41, 5.74) is 5.82. The Balaban J connectivity index is 1.41. The quantitative estimate of drug-likeness (QED) is 0.283. The minimum absolute atomic E-state index is 0.142. The molecule has 0 radical (unpaired) electrons. The second kappa shape index (κ2) is 8.70. The Labute approximate surface area is 190 Å². The molecule has 1 aromatic carbocycles. The number of methoxy groups -OCH3 is 1. The van der Waals surface area contributed by atoms with Crippen molar-refractivity contribution in [1.29, 1.82) is 0 Å². The van der Waals surface area contributed by atoms with Crippen molar-refractivity contribution in [3.8, 4) is 5.75 Å². The molecule has 0 bridgehead atoms. The first-order valence-electron chi connectivity index (χ1n) is 10.5. The van der Waals surface area contributed by atoms with Gasteiger partial charge in [-0.1, -0.05) is 23.4 Å². The summed E-state index contributed by atoms with van der Waals surface area (Å²) in [6, 6.07) is 11.6. The van der Waals surface area contributed by atoms with Crippen molar-refractivity contribution in [2.75, 3.05) is 7.11 Å². The van der Waals surface area contributed by atoms with E-state index in [0.29, 0.717) is 12.4 Å². The van der Waals surface area contributed by atoms with Crippen LogP contribution >= 0.6 is 0 Å². The van der Waals surface area contributed by atoms with Crippen molar-refractivity contribution in [3.63, 3.8) is 0 Å². The number of nitrogens with zero attached hydrogens (tertiary/aromatic N) is 7. The molecule has 5 rings (SSSR count). The van der Waals surface area contributed by atoms with Crippen LogP contribution in [0.3, 0.4) is 0 Å². The third kappa shape index (κ3) is 3.89. The predicted octanol–water partition coefficient (Wildman–Crippen LogP) is 3.70. The molecule has 0 N–H and O–H groups in total. The lowest BCUT2D eigenvalue weighted by Crippen LogP contribution is -2.03. The van der Waals surface area contributed by atoms with E-state index in [0.717, 1.165) is 44.8 Å². The molecule has 0 fully saturated rings. The Hall–Kier alpha value is -4.27. The summed E-state index contributed by atoms with van der Waals surface area (Å²) < 4.78 is 9.19. The fourth-order valence-electron chi connectivity index (χ4n) is 3.87. The van der Waals surface area contributed by atoms with Crippen molar-refractivity contribution in [2.24, 2.45) is 5.16 Å². The van der Waals surface area contributed by atoms with E-state index in [1.807, 2.05) is 36.5 Å². The summed E-state index contributed by atoms with van der Waals surface area (Å²) in [6.07, 6.45) is 6.94. The maximum Gasteiger partial charge on any atom is 0.192 e. The van der Waals surface area contributed by atoms with Crippen LogP contribution in [0.5, 0.6) is 5.75 Å². The van der Waals surface area contributed by atoms with Gasteiger partial charge in [0.2, 0.25) is 0 Å². The zero-order valence-electron chi connectivity index (χ0n) is 18.6. The van der Waals surface area contributed by atoms with Crippen molar-refractivity contribution in [2.45, 2.75) is 27.0 Å². The highest BCUT2D eigenvalue weighted by atomic mass is 16.6. The van der Waals surface area contributed by atoms with Crippen LogP contribution in [-0.2, 0) is 18.0 Å². The highest BCUT2D eigenvalue weighted by molar-refractivity contribution is 5.94. The normalized spacial score (nSPS) is 11.6. The van der Waals surface area contributed by atoms with Crippen LogP contribution in [0, 0.1) is 13.8 Å². The van der Waals surface area contributed by atoms with Crippen molar-refractivity contribution < 1.29 is 9.57 Å². The van der Waals surface area contributed by atoms with Gasteiger partial charge in [-0.25, -0.2) is 14.5 Å². The van der Waals surface area contributed by atoms with E-state index >= 15 is 0 Å². The minimum atomic E-state index is 0.142. The summed E-state index contributed by atoms with van der Waals surface area (Å²) in [6.45, 7) is 5.01. The predicted molar refractivity (Wildman–Crippen MR) is 124 cm³/mol. The van der Waals surface area contributed by atoms with E-state index in [2.05, 4.69) is 44.7 Å². The number of hydrogen-bond donors (Lipinski definition) is 0. The summed E-state index contributed by atoms with van der Waals surface area (Å²) in [7, 11) is 1.62. The van der Waals surface area contributed by atoms with Crippen LogP contribution in [0.1, 0.15) is 28.2 Å². The molecule has 0 unspecified atom stereocenters. The molecule has 5 aromatic rings. The Bertz CT molecular complexity index is 1450. The summed E-state index contributed by atoms with van der Waals surface area (Å²) in [4.78, 5) is 19.0. The smallest absolute Gasteiger partial charge is 0.192 e. The number of benzene rings is 1. The number of ether oxygens (including phenoxy) is 1. The summed E-state index contributed by atoms with van der Waals surface area (Å²) >= 11 is 0. The van der Waals surface area contributed by atoms with Gasteiger partial charge in [-0.05, 0) is 43.2 Å². The van der Waals surface area contributed by atoms with Crippen LogP contribution in [0.25, 0.3) is 16.7 Å². The average Bonchev–Trinajstić information content (AvgIpc) is 3.37. The number of aryl methyl sites for hydroxylation is 1. The van der Waals surface area contributed by atoms with Crippen LogP contribution < -0.4 is 4.74 Å². The van der Waals surface area contributed by atoms with Gasteiger partial charge < -0.3 is 14.1 Å². The largest absolute Gasteiger partial charge is 0.496 e. The van der Waals surface area contributed by atoms with Gasteiger partial charge in [-0.2, -0.15) is 0 Å². The monoisotopic (exact) mass is 441 g/mol. The molecule has 0 atom stereocenters. The number of hydrogen-bond acceptors (Lipinski definition) is 7. The molecule has 0 aliphatic rings. The first-order valence-corrected chi connectivity index (χ1v) is 10.5. The Morgan fingerprint density at radius 2 is 1.97 bits per heavy atom. The highest BCUT2D eigenvalue weighted by Crippen LogP contribution is 2.27. The topological polar surface area (TPSA) is 91.7 Å². The molecule has 4 aromatic heterocycles. The van der Waals surface area contributed by atoms with Gasteiger partial charge in [0.1, 0.15) is 17.7 Å². The second-order valence-electron chi connectivity index (χ2n) is 7.65. The maximum atomic E-state index is 5.45. The second-order valence-corrected chi connectivity index (χ2v) is 7.65. The number of oxime groups is 1. The number of fused-ring (bicyclic) bond motifs is 3. The number of pyridine rings is 1. The van der Waals surface area contributed by atoms with E-state index in [-0.39, 0.29) is 6.61 Å². The SMILES string of the molecule is COc1ccccc1/C=N/OCc1nc2c3c(C)c(C)n(Cc4cccnc4)c3ncn2n1. The standard InChI is InChI=1S/C24H23N7O2/c1-16-17(2)30(13-18-7-6-10-25-11-18)23-22(16)24-28-21(29-31(24)15-26-23)14-33-27-12-19-8-4-5-9-20(19)32-3/h4-12,15H,13-14H2,1-3H3/b27-12+. The fourth-order valence-corrected chi connectivity index (χ4v) is 3.87. The molecule has 166 valence electrons. The molecule has 0 saturated heterocycles. The van der Waals surface area contributed by atoms with Crippen LogP contribution in [0.4, 0.5) is 0 Å². The molecule has 0 amide bonds. The molecule has 0 saturated carbocycles. The van der Waals surface area contributed by atoms with E-state index in [9.17, 15) is 0 Å². The van der Waals surface area contributed by atoms with E-state index < -0.39 is 0 Å². The van der Waals surface area contributed by atoms with Gasteiger partial charge >= 0.3 is 0 Å². The van der Waals surface area contributed by atoms with Crippen molar-refractivity contribution >= 4 is 22.9 Å². The van der Waals surface area contributed by atoms with Crippen molar-refractivity contribution in [1.82, 2.24) is 29.1 Å². The molecule has 9 nitrogen and oxygen atoms in total. The van der Waals surface area contributed by atoms with Gasteiger partial charge in [0, 0.05) is 23.7 Å². The number of aromatic nitrogens is 6. The molecule has 9 heteroatoms. The molecule has 0 spiro atoms. The molecular formula is C24H23N7O2. The molecule has 0 aliphatic carbocycles. The van der Waals surface area contributed by atoms with Crippen LogP contribution in [0.15, 0.2) is 60.3 Å². The third-order valence-electron chi connectivity index (χ3n) is 5.65. The van der Waals surface area contributed by atoms with Gasteiger partial charge in [0.05, 0.1) is 25.3 Å². The van der Waals surface area contributed by atoms with E-state index in [4.69, 9.17) is 14.6 Å². The molecule has 0 aliphatic heterocycles. The number of rotatable bonds is 7. The van der Waals surface area contributed by atoms with E-state index in [1.54, 1.807) is 30.4 Å². The number of para-hydroxylation sites is 1. The Morgan fingerprint density at radius 3 is 2.79 bits per heavy atom. The lowest BCUT2D eigenvalue weighted by molar-refractivity contribution is 0.126. The maximum absolute atomic E-state index is 5.45. The molecule has 33 heavy (non-hydrogen) atoms. The first-order chi connectivity index (χ1) is 16.2. The lowest BCUT2D eigenvalue weighted by Gasteiger charge is -2.07. The zero-order valence-corrected chi connectivity index (χ0v) is 18.6.